The molecule has 1 aromatic rings. The van der Waals surface area contributed by atoms with E-state index in [1.165, 1.54) is 16.7 Å². The van der Waals surface area contributed by atoms with Crippen LogP contribution in [-0.2, 0) is 6.54 Å². The standard InChI is InChI=1S/C12H12N/c13-9-10-5-7-12(8-6-10)11-3-1-2-4-11/h1-8H,9,13H2. The van der Waals surface area contributed by atoms with Crippen molar-refractivity contribution in [2.24, 2.45) is 5.73 Å². The van der Waals surface area contributed by atoms with E-state index in [4.69, 9.17) is 5.73 Å². The Labute approximate surface area is 78.6 Å². The maximum absolute atomic E-state index is 5.52. The van der Waals surface area contributed by atoms with E-state index in [1.54, 1.807) is 0 Å². The first-order chi connectivity index (χ1) is 6.40. The summed E-state index contributed by atoms with van der Waals surface area (Å²) in [6, 6.07) is 8.36. The molecular formula is C12H12N. The molecule has 0 unspecified atom stereocenters. The summed E-state index contributed by atoms with van der Waals surface area (Å²) in [7, 11) is 0. The molecule has 0 amide bonds. The summed E-state index contributed by atoms with van der Waals surface area (Å²) in [5.41, 5.74) is 9.21. The Hall–Kier alpha value is -1.34. The normalized spacial score (nSPS) is 14.7. The van der Waals surface area contributed by atoms with Gasteiger partial charge < -0.3 is 5.73 Å². The number of allylic oxidation sites excluding steroid dienone is 4. The molecule has 1 aliphatic rings. The minimum Gasteiger partial charge on any atom is -0.326 e. The van der Waals surface area contributed by atoms with Gasteiger partial charge >= 0.3 is 0 Å². The highest BCUT2D eigenvalue weighted by atomic mass is 14.5. The summed E-state index contributed by atoms with van der Waals surface area (Å²) in [5.74, 6) is 0. The predicted octanol–water partition coefficient (Wildman–Crippen LogP) is 2.30. The van der Waals surface area contributed by atoms with E-state index in [9.17, 15) is 0 Å². The van der Waals surface area contributed by atoms with Crippen LogP contribution in [0.2, 0.25) is 0 Å². The van der Waals surface area contributed by atoms with Gasteiger partial charge in [-0.15, -0.1) is 0 Å². The topological polar surface area (TPSA) is 26.0 Å². The molecule has 0 aliphatic heterocycles. The van der Waals surface area contributed by atoms with Gasteiger partial charge in [-0.3, -0.25) is 0 Å². The third-order valence-electron chi connectivity index (χ3n) is 2.19. The van der Waals surface area contributed by atoms with Crippen molar-refractivity contribution in [2.45, 2.75) is 6.54 Å². The van der Waals surface area contributed by atoms with Gasteiger partial charge in [-0.2, -0.15) is 0 Å². The highest BCUT2D eigenvalue weighted by Gasteiger charge is 2.00. The molecule has 0 spiro atoms. The van der Waals surface area contributed by atoms with Gasteiger partial charge in [0.1, 0.15) is 0 Å². The van der Waals surface area contributed by atoms with Crippen molar-refractivity contribution in [3.05, 3.63) is 60.0 Å². The highest BCUT2D eigenvalue weighted by molar-refractivity contribution is 5.78. The van der Waals surface area contributed by atoms with Gasteiger partial charge in [-0.1, -0.05) is 42.5 Å². The fourth-order valence-corrected chi connectivity index (χ4v) is 1.40. The minimum atomic E-state index is 0.612. The van der Waals surface area contributed by atoms with Crippen LogP contribution < -0.4 is 5.73 Å². The number of rotatable bonds is 2. The molecule has 0 aromatic heterocycles. The molecule has 0 atom stereocenters. The summed E-state index contributed by atoms with van der Waals surface area (Å²) < 4.78 is 0. The molecule has 0 fully saturated rings. The van der Waals surface area contributed by atoms with Gasteiger partial charge in [-0.05, 0) is 16.7 Å². The Morgan fingerprint density at radius 2 is 1.85 bits per heavy atom. The van der Waals surface area contributed by atoms with Crippen LogP contribution >= 0.6 is 0 Å². The van der Waals surface area contributed by atoms with Crippen molar-refractivity contribution < 1.29 is 0 Å². The largest absolute Gasteiger partial charge is 0.326 e. The van der Waals surface area contributed by atoms with Crippen LogP contribution in [0.4, 0.5) is 0 Å². The molecule has 2 N–H and O–H groups in total. The second kappa shape index (κ2) is 3.58. The Morgan fingerprint density at radius 3 is 2.38 bits per heavy atom. The zero-order chi connectivity index (χ0) is 9.10. The second-order valence-corrected chi connectivity index (χ2v) is 3.07. The molecule has 0 heterocycles. The lowest BCUT2D eigenvalue weighted by molar-refractivity contribution is 1.07. The first kappa shape index (κ1) is 8.27. The molecule has 13 heavy (non-hydrogen) atoms. The van der Waals surface area contributed by atoms with Crippen molar-refractivity contribution in [2.75, 3.05) is 0 Å². The first-order valence-electron chi connectivity index (χ1n) is 4.41. The van der Waals surface area contributed by atoms with Gasteiger partial charge in [0.2, 0.25) is 0 Å². The van der Waals surface area contributed by atoms with E-state index in [0.717, 1.165) is 0 Å². The first-order valence-corrected chi connectivity index (χ1v) is 4.41. The summed E-state index contributed by atoms with van der Waals surface area (Å²) >= 11 is 0. The van der Waals surface area contributed by atoms with Crippen LogP contribution in [0, 0.1) is 6.42 Å². The fraction of sp³-hybridized carbons (Fsp3) is 0.0833. The lowest BCUT2D eigenvalue weighted by atomic mass is 10.1. The van der Waals surface area contributed by atoms with E-state index >= 15 is 0 Å². The van der Waals surface area contributed by atoms with Crippen LogP contribution in [-0.4, -0.2) is 0 Å². The van der Waals surface area contributed by atoms with Gasteiger partial charge in [0.25, 0.3) is 0 Å². The molecule has 2 rings (SSSR count). The van der Waals surface area contributed by atoms with Crippen molar-refractivity contribution in [3.8, 4) is 0 Å². The average Bonchev–Trinajstić information content (AvgIpc) is 2.71. The smallest absolute Gasteiger partial charge is 0.0178 e. The summed E-state index contributed by atoms with van der Waals surface area (Å²) in [6.07, 6.45) is 8.31. The maximum atomic E-state index is 5.52. The molecule has 0 bridgehead atoms. The number of nitrogens with two attached hydrogens (primary N) is 1. The predicted molar refractivity (Wildman–Crippen MR) is 55.8 cm³/mol. The van der Waals surface area contributed by atoms with Crippen molar-refractivity contribution in [3.63, 3.8) is 0 Å². The number of hydrogen-bond acceptors (Lipinski definition) is 1. The molecule has 1 nitrogen and oxygen atoms in total. The summed E-state index contributed by atoms with van der Waals surface area (Å²) in [6.45, 7) is 0.612. The SMILES string of the molecule is NCc1ccc(C2=C[CH]C=C2)cc1. The van der Waals surface area contributed by atoms with Gasteiger partial charge in [0.05, 0.1) is 0 Å². The summed E-state index contributed by atoms with van der Waals surface area (Å²) in [4.78, 5) is 0. The zero-order valence-electron chi connectivity index (χ0n) is 7.40. The Morgan fingerprint density at radius 1 is 1.08 bits per heavy atom. The van der Waals surface area contributed by atoms with Crippen LogP contribution in [0.25, 0.3) is 5.57 Å². The zero-order valence-corrected chi connectivity index (χ0v) is 7.40. The van der Waals surface area contributed by atoms with E-state index < -0.39 is 0 Å². The molecule has 1 heteroatoms. The highest BCUT2D eigenvalue weighted by Crippen LogP contribution is 2.21. The number of benzene rings is 1. The van der Waals surface area contributed by atoms with Crippen LogP contribution in [0.1, 0.15) is 11.1 Å². The molecule has 1 radical (unpaired) electrons. The van der Waals surface area contributed by atoms with Gasteiger partial charge in [0, 0.05) is 13.0 Å². The Balaban J connectivity index is 2.27. The molecule has 1 aromatic carbocycles. The van der Waals surface area contributed by atoms with E-state index in [2.05, 4.69) is 36.4 Å². The Bertz CT molecular complexity index is 344. The van der Waals surface area contributed by atoms with Gasteiger partial charge in [0.15, 0.2) is 0 Å². The van der Waals surface area contributed by atoms with Crippen LogP contribution in [0.15, 0.2) is 42.5 Å². The lowest BCUT2D eigenvalue weighted by Gasteiger charge is -2.01. The number of hydrogen-bond donors (Lipinski definition) is 1. The van der Waals surface area contributed by atoms with Crippen LogP contribution in [0.3, 0.4) is 0 Å². The third-order valence-corrected chi connectivity index (χ3v) is 2.19. The fourth-order valence-electron chi connectivity index (χ4n) is 1.40. The average molecular weight is 170 g/mol. The van der Waals surface area contributed by atoms with Crippen molar-refractivity contribution >= 4 is 5.57 Å². The monoisotopic (exact) mass is 170 g/mol. The lowest BCUT2D eigenvalue weighted by Crippen LogP contribution is -1.95. The minimum absolute atomic E-state index is 0.612. The van der Waals surface area contributed by atoms with E-state index in [-0.39, 0.29) is 0 Å². The van der Waals surface area contributed by atoms with E-state index in [0.29, 0.717) is 6.54 Å². The second-order valence-electron chi connectivity index (χ2n) is 3.07. The van der Waals surface area contributed by atoms with E-state index in [1.807, 2.05) is 12.5 Å². The van der Waals surface area contributed by atoms with Gasteiger partial charge in [-0.25, -0.2) is 0 Å². The molecule has 0 saturated heterocycles. The van der Waals surface area contributed by atoms with Crippen molar-refractivity contribution in [1.29, 1.82) is 0 Å². The Kier molecular flexibility index (Phi) is 2.28. The maximum Gasteiger partial charge on any atom is 0.0178 e. The molecule has 1 aliphatic carbocycles. The summed E-state index contributed by atoms with van der Waals surface area (Å²) in [5, 5.41) is 0. The van der Waals surface area contributed by atoms with Crippen molar-refractivity contribution in [1.82, 2.24) is 0 Å². The molecular weight excluding hydrogens is 158 g/mol. The molecule has 65 valence electrons. The quantitative estimate of drug-likeness (QED) is 0.724. The van der Waals surface area contributed by atoms with Crippen LogP contribution in [0.5, 0.6) is 0 Å². The third kappa shape index (κ3) is 1.70. The molecule has 0 saturated carbocycles.